The molecule has 1 aliphatic rings. The van der Waals surface area contributed by atoms with Crippen LogP contribution in [0.4, 0.5) is 13.2 Å². The first kappa shape index (κ1) is 17.8. The van der Waals surface area contributed by atoms with Gasteiger partial charge in [0, 0.05) is 61.8 Å². The van der Waals surface area contributed by atoms with Crippen molar-refractivity contribution in [2.24, 2.45) is 0 Å². The molecular weight excluding hydrogens is 355 g/mol. The van der Waals surface area contributed by atoms with Gasteiger partial charge in [0.2, 0.25) is 0 Å². The number of alkyl halides is 3. The molecule has 0 atom stereocenters. The third kappa shape index (κ3) is 3.90. The third-order valence-corrected chi connectivity index (χ3v) is 4.92. The van der Waals surface area contributed by atoms with Crippen LogP contribution < -0.4 is 0 Å². The number of hydrogen-bond acceptors (Lipinski definition) is 3. The first-order valence-corrected chi connectivity index (χ1v) is 8.94. The first-order chi connectivity index (χ1) is 13.0. The monoisotopic (exact) mass is 375 g/mol. The van der Waals surface area contributed by atoms with Crippen molar-refractivity contribution < 1.29 is 13.2 Å². The van der Waals surface area contributed by atoms with E-state index in [4.69, 9.17) is 0 Å². The SMILES string of the molecule is FC(F)(F)c1ccc(-c2n[nH]c3c2CN(CCCn2cccn2)CC3)cc1. The van der Waals surface area contributed by atoms with Crippen molar-refractivity contribution in [2.45, 2.75) is 32.1 Å². The molecule has 2 aromatic heterocycles. The molecule has 0 saturated carbocycles. The summed E-state index contributed by atoms with van der Waals surface area (Å²) < 4.78 is 40.2. The molecule has 3 heterocycles. The highest BCUT2D eigenvalue weighted by atomic mass is 19.4. The maximum Gasteiger partial charge on any atom is 0.416 e. The van der Waals surface area contributed by atoms with Crippen molar-refractivity contribution in [2.75, 3.05) is 13.1 Å². The van der Waals surface area contributed by atoms with Crippen LogP contribution in [0.2, 0.25) is 0 Å². The average Bonchev–Trinajstić information content (AvgIpc) is 3.30. The number of aromatic nitrogens is 4. The van der Waals surface area contributed by atoms with E-state index in [0.29, 0.717) is 5.56 Å². The maximum absolute atomic E-state index is 12.8. The molecule has 0 saturated heterocycles. The van der Waals surface area contributed by atoms with E-state index >= 15 is 0 Å². The van der Waals surface area contributed by atoms with Crippen molar-refractivity contribution in [3.05, 3.63) is 59.5 Å². The normalized spacial score (nSPS) is 15.1. The summed E-state index contributed by atoms with van der Waals surface area (Å²) >= 11 is 0. The Morgan fingerprint density at radius 3 is 2.63 bits per heavy atom. The lowest BCUT2D eigenvalue weighted by Gasteiger charge is -2.27. The number of aromatic amines is 1. The fourth-order valence-corrected chi connectivity index (χ4v) is 3.49. The molecule has 142 valence electrons. The van der Waals surface area contributed by atoms with Crippen LogP contribution in [0.3, 0.4) is 0 Å². The van der Waals surface area contributed by atoms with Gasteiger partial charge in [0.25, 0.3) is 0 Å². The predicted octanol–water partition coefficient (Wildman–Crippen LogP) is 3.74. The fraction of sp³-hybridized carbons (Fsp3) is 0.368. The van der Waals surface area contributed by atoms with Gasteiger partial charge in [0.05, 0.1) is 11.3 Å². The van der Waals surface area contributed by atoms with E-state index in [1.165, 1.54) is 12.1 Å². The molecule has 5 nitrogen and oxygen atoms in total. The van der Waals surface area contributed by atoms with Gasteiger partial charge in [0.15, 0.2) is 0 Å². The van der Waals surface area contributed by atoms with Crippen LogP contribution in [0, 0.1) is 0 Å². The second-order valence-corrected chi connectivity index (χ2v) is 6.75. The molecule has 4 rings (SSSR count). The summed E-state index contributed by atoms with van der Waals surface area (Å²) in [7, 11) is 0. The van der Waals surface area contributed by atoms with E-state index in [0.717, 1.165) is 68.1 Å². The minimum atomic E-state index is -4.32. The molecule has 0 fully saturated rings. The number of rotatable bonds is 5. The van der Waals surface area contributed by atoms with Crippen LogP contribution in [0.5, 0.6) is 0 Å². The Kier molecular flexibility index (Phi) is 4.73. The summed E-state index contributed by atoms with van der Waals surface area (Å²) in [5, 5.41) is 11.6. The summed E-state index contributed by atoms with van der Waals surface area (Å²) in [6.07, 6.45) is 1.26. The molecule has 1 aliphatic heterocycles. The molecule has 0 bridgehead atoms. The Morgan fingerprint density at radius 1 is 1.11 bits per heavy atom. The Bertz CT molecular complexity index is 881. The minimum Gasteiger partial charge on any atom is -0.298 e. The van der Waals surface area contributed by atoms with E-state index in [1.54, 1.807) is 6.20 Å². The second-order valence-electron chi connectivity index (χ2n) is 6.75. The molecule has 0 unspecified atom stereocenters. The highest BCUT2D eigenvalue weighted by molar-refractivity contribution is 5.64. The van der Waals surface area contributed by atoms with Gasteiger partial charge >= 0.3 is 6.18 Å². The van der Waals surface area contributed by atoms with E-state index in [-0.39, 0.29) is 0 Å². The van der Waals surface area contributed by atoms with Crippen molar-refractivity contribution in [1.82, 2.24) is 24.9 Å². The molecule has 27 heavy (non-hydrogen) atoms. The third-order valence-electron chi connectivity index (χ3n) is 4.92. The van der Waals surface area contributed by atoms with Crippen molar-refractivity contribution in [3.63, 3.8) is 0 Å². The van der Waals surface area contributed by atoms with Crippen LogP contribution in [0.1, 0.15) is 23.2 Å². The Hall–Kier alpha value is -2.61. The molecule has 1 N–H and O–H groups in total. The fourth-order valence-electron chi connectivity index (χ4n) is 3.49. The lowest BCUT2D eigenvalue weighted by atomic mass is 10.00. The molecular formula is C19H20F3N5. The summed E-state index contributed by atoms with van der Waals surface area (Å²) in [4.78, 5) is 2.36. The average molecular weight is 375 g/mol. The van der Waals surface area contributed by atoms with Crippen molar-refractivity contribution in [1.29, 1.82) is 0 Å². The predicted molar refractivity (Wildman–Crippen MR) is 94.9 cm³/mol. The Balaban J connectivity index is 1.45. The molecule has 0 spiro atoms. The summed E-state index contributed by atoms with van der Waals surface area (Å²) in [6.45, 7) is 3.51. The van der Waals surface area contributed by atoms with Crippen LogP contribution in [0.15, 0.2) is 42.7 Å². The molecule has 8 heteroatoms. The smallest absolute Gasteiger partial charge is 0.298 e. The lowest BCUT2D eigenvalue weighted by Crippen LogP contribution is -2.31. The second kappa shape index (κ2) is 7.19. The topological polar surface area (TPSA) is 49.7 Å². The van der Waals surface area contributed by atoms with Gasteiger partial charge in [-0.15, -0.1) is 0 Å². The standard InChI is InChI=1S/C19H20F3N5/c20-19(21,22)15-5-3-14(4-6-15)18-16-13-26(12-7-17(16)24-25-18)9-2-11-27-10-1-8-23-27/h1,3-6,8,10H,2,7,9,11-13H2,(H,24,25). The molecule has 3 aromatic rings. The van der Waals surface area contributed by atoms with Crippen molar-refractivity contribution >= 4 is 0 Å². The van der Waals surface area contributed by atoms with Gasteiger partial charge in [-0.2, -0.15) is 23.4 Å². The summed E-state index contributed by atoms with van der Waals surface area (Å²) in [6, 6.07) is 7.13. The van der Waals surface area contributed by atoms with Gasteiger partial charge in [-0.05, 0) is 24.6 Å². The molecule has 0 amide bonds. The lowest BCUT2D eigenvalue weighted by molar-refractivity contribution is -0.137. The highest BCUT2D eigenvalue weighted by Crippen LogP contribution is 2.33. The van der Waals surface area contributed by atoms with Gasteiger partial charge in [-0.3, -0.25) is 14.7 Å². The number of fused-ring (bicyclic) bond motifs is 1. The highest BCUT2D eigenvalue weighted by Gasteiger charge is 2.30. The van der Waals surface area contributed by atoms with Crippen LogP contribution in [0.25, 0.3) is 11.3 Å². The Morgan fingerprint density at radius 2 is 1.93 bits per heavy atom. The van der Waals surface area contributed by atoms with Crippen LogP contribution in [-0.2, 0) is 25.7 Å². The number of hydrogen-bond donors (Lipinski definition) is 1. The maximum atomic E-state index is 12.8. The van der Waals surface area contributed by atoms with E-state index in [2.05, 4.69) is 20.2 Å². The molecule has 0 aliphatic carbocycles. The Labute approximate surface area is 154 Å². The number of nitrogens with one attached hydrogen (secondary N) is 1. The van der Waals surface area contributed by atoms with Crippen molar-refractivity contribution in [3.8, 4) is 11.3 Å². The summed E-state index contributed by atoms with van der Waals surface area (Å²) in [5.74, 6) is 0. The first-order valence-electron chi connectivity index (χ1n) is 8.94. The van der Waals surface area contributed by atoms with E-state index in [1.807, 2.05) is 16.9 Å². The van der Waals surface area contributed by atoms with Gasteiger partial charge in [0.1, 0.15) is 0 Å². The number of H-pyrrole nitrogens is 1. The zero-order valence-corrected chi connectivity index (χ0v) is 14.7. The quantitative estimate of drug-likeness (QED) is 0.739. The van der Waals surface area contributed by atoms with Gasteiger partial charge in [-0.1, -0.05) is 12.1 Å². The largest absolute Gasteiger partial charge is 0.416 e. The molecule has 0 radical (unpaired) electrons. The minimum absolute atomic E-state index is 0.643. The number of nitrogens with zero attached hydrogens (tertiary/aromatic N) is 4. The van der Waals surface area contributed by atoms with Crippen LogP contribution >= 0.6 is 0 Å². The van der Waals surface area contributed by atoms with E-state index in [9.17, 15) is 13.2 Å². The molecule has 1 aromatic carbocycles. The number of halogens is 3. The van der Waals surface area contributed by atoms with Gasteiger partial charge < -0.3 is 0 Å². The summed E-state index contributed by atoms with van der Waals surface area (Å²) in [5.41, 5.74) is 2.97. The van der Waals surface area contributed by atoms with Crippen LogP contribution in [-0.4, -0.2) is 38.0 Å². The van der Waals surface area contributed by atoms with Gasteiger partial charge in [-0.25, -0.2) is 0 Å². The number of benzene rings is 1. The zero-order chi connectivity index (χ0) is 18.9. The number of aryl methyl sites for hydroxylation is 1. The van der Waals surface area contributed by atoms with E-state index < -0.39 is 11.7 Å². The zero-order valence-electron chi connectivity index (χ0n) is 14.7.